The van der Waals surface area contributed by atoms with Gasteiger partial charge in [0.15, 0.2) is 6.10 Å². The van der Waals surface area contributed by atoms with E-state index in [4.69, 9.17) is 9.84 Å². The number of rotatable bonds is 8. The summed E-state index contributed by atoms with van der Waals surface area (Å²) in [4.78, 5) is 34.1. The Balaban J connectivity index is 2.27. The first-order valence-corrected chi connectivity index (χ1v) is 9.96. The SMILES string of the molecule is CC1=CCC2C(C)(C)C(O)CCC2(C)C1COC(C(=O)O)C(CC(=O)O)C(=O)O. The van der Waals surface area contributed by atoms with E-state index < -0.39 is 42.5 Å². The molecule has 6 unspecified atom stereocenters. The van der Waals surface area contributed by atoms with Crippen LogP contribution >= 0.6 is 0 Å². The molecule has 1 saturated carbocycles. The highest BCUT2D eigenvalue weighted by Crippen LogP contribution is 2.59. The van der Waals surface area contributed by atoms with Crippen LogP contribution in [0.15, 0.2) is 11.6 Å². The van der Waals surface area contributed by atoms with Crippen molar-refractivity contribution >= 4 is 17.9 Å². The van der Waals surface area contributed by atoms with Crippen molar-refractivity contribution in [1.82, 2.24) is 0 Å². The maximum Gasteiger partial charge on any atom is 0.333 e. The number of aliphatic hydroxyl groups excluding tert-OH is 1. The lowest BCUT2D eigenvalue weighted by Crippen LogP contribution is -2.55. The van der Waals surface area contributed by atoms with Gasteiger partial charge in [-0.15, -0.1) is 0 Å². The number of carboxylic acids is 3. The van der Waals surface area contributed by atoms with E-state index in [2.05, 4.69) is 13.0 Å². The van der Waals surface area contributed by atoms with Crippen LogP contribution in [0.2, 0.25) is 0 Å². The maximum absolute atomic E-state index is 11.7. The molecule has 2 rings (SSSR count). The van der Waals surface area contributed by atoms with Crippen molar-refractivity contribution < 1.29 is 39.5 Å². The molecule has 0 aromatic rings. The van der Waals surface area contributed by atoms with Crippen molar-refractivity contribution in [3.63, 3.8) is 0 Å². The molecule has 0 saturated heterocycles. The molecule has 164 valence electrons. The van der Waals surface area contributed by atoms with Crippen LogP contribution in [0.25, 0.3) is 0 Å². The van der Waals surface area contributed by atoms with E-state index in [9.17, 15) is 29.7 Å². The lowest BCUT2D eigenvalue weighted by Gasteiger charge is -2.58. The molecule has 6 atom stereocenters. The van der Waals surface area contributed by atoms with Gasteiger partial charge in [-0.1, -0.05) is 32.4 Å². The molecule has 2 aliphatic carbocycles. The third-order valence-corrected chi connectivity index (χ3v) is 7.29. The number of hydrogen-bond acceptors (Lipinski definition) is 5. The van der Waals surface area contributed by atoms with E-state index in [1.165, 1.54) is 0 Å². The molecule has 1 fully saturated rings. The number of carbonyl (C=O) groups is 3. The van der Waals surface area contributed by atoms with Crippen molar-refractivity contribution in [1.29, 1.82) is 0 Å². The van der Waals surface area contributed by atoms with Gasteiger partial charge < -0.3 is 25.2 Å². The van der Waals surface area contributed by atoms with E-state index in [1.807, 2.05) is 20.8 Å². The van der Waals surface area contributed by atoms with Crippen molar-refractivity contribution in [3.05, 3.63) is 11.6 Å². The topological polar surface area (TPSA) is 141 Å². The third-order valence-electron chi connectivity index (χ3n) is 7.29. The van der Waals surface area contributed by atoms with Crippen molar-refractivity contribution in [2.75, 3.05) is 6.61 Å². The molecule has 0 spiro atoms. The smallest absolute Gasteiger partial charge is 0.333 e. The summed E-state index contributed by atoms with van der Waals surface area (Å²) in [5.74, 6) is -6.05. The van der Waals surface area contributed by atoms with Gasteiger partial charge in [-0.05, 0) is 42.9 Å². The minimum Gasteiger partial charge on any atom is -0.481 e. The second-order valence-electron chi connectivity index (χ2n) is 9.31. The Labute approximate surface area is 170 Å². The minimum absolute atomic E-state index is 0.0120. The summed E-state index contributed by atoms with van der Waals surface area (Å²) in [6.07, 6.45) is 1.27. The Morgan fingerprint density at radius 2 is 1.79 bits per heavy atom. The van der Waals surface area contributed by atoms with Gasteiger partial charge in [0.1, 0.15) is 5.92 Å². The van der Waals surface area contributed by atoms with Gasteiger partial charge >= 0.3 is 17.9 Å². The number of carboxylic acid groups (broad SMARTS) is 3. The van der Waals surface area contributed by atoms with Crippen molar-refractivity contribution in [3.8, 4) is 0 Å². The molecule has 29 heavy (non-hydrogen) atoms. The van der Waals surface area contributed by atoms with Crippen LogP contribution in [0, 0.1) is 28.6 Å². The molecule has 0 aliphatic heterocycles. The summed E-state index contributed by atoms with van der Waals surface area (Å²) in [7, 11) is 0. The zero-order chi connectivity index (χ0) is 22.1. The predicted octanol–water partition coefficient (Wildman–Crippen LogP) is 2.40. The molecular weight excluding hydrogens is 380 g/mol. The van der Waals surface area contributed by atoms with Crippen LogP contribution in [0.5, 0.6) is 0 Å². The molecule has 0 aromatic carbocycles. The number of hydrogen-bond donors (Lipinski definition) is 4. The predicted molar refractivity (Wildman–Crippen MR) is 103 cm³/mol. The Hall–Kier alpha value is -1.93. The molecule has 8 nitrogen and oxygen atoms in total. The zero-order valence-electron chi connectivity index (χ0n) is 17.4. The highest BCUT2D eigenvalue weighted by atomic mass is 16.5. The van der Waals surface area contributed by atoms with Crippen molar-refractivity contribution in [2.45, 2.75) is 65.6 Å². The van der Waals surface area contributed by atoms with Crippen LogP contribution in [0.1, 0.15) is 53.4 Å². The molecule has 4 N–H and O–H groups in total. The average Bonchev–Trinajstić information content (AvgIpc) is 2.59. The van der Waals surface area contributed by atoms with E-state index in [0.717, 1.165) is 18.4 Å². The monoisotopic (exact) mass is 412 g/mol. The van der Waals surface area contributed by atoms with Gasteiger partial charge in [0.05, 0.1) is 19.1 Å². The van der Waals surface area contributed by atoms with Crippen LogP contribution < -0.4 is 0 Å². The zero-order valence-corrected chi connectivity index (χ0v) is 17.4. The second-order valence-corrected chi connectivity index (χ2v) is 9.31. The summed E-state index contributed by atoms with van der Waals surface area (Å²) in [5.41, 5.74) is 0.489. The number of aliphatic carboxylic acids is 3. The van der Waals surface area contributed by atoms with E-state index in [1.54, 1.807) is 0 Å². The fraction of sp³-hybridized carbons (Fsp3) is 0.762. The first kappa shape index (κ1) is 23.3. The average molecular weight is 412 g/mol. The van der Waals surface area contributed by atoms with Crippen LogP contribution in [-0.2, 0) is 19.1 Å². The molecule has 0 amide bonds. The van der Waals surface area contributed by atoms with Crippen LogP contribution in [-0.4, -0.2) is 57.1 Å². The van der Waals surface area contributed by atoms with E-state index >= 15 is 0 Å². The number of allylic oxidation sites excluding steroid dienone is 1. The Morgan fingerprint density at radius 3 is 2.31 bits per heavy atom. The fourth-order valence-corrected chi connectivity index (χ4v) is 5.43. The Bertz CT molecular complexity index is 697. The highest BCUT2D eigenvalue weighted by Gasteiger charge is 2.55. The van der Waals surface area contributed by atoms with Gasteiger partial charge in [-0.25, -0.2) is 4.79 Å². The Kier molecular flexibility index (Phi) is 6.79. The standard InChI is InChI=1S/C21H32O8/c1-11-5-6-14-20(2,3)15(22)7-8-21(14,4)13(11)10-29-17(19(27)28)12(18(25)26)9-16(23)24/h5,12-15,17,22H,6-10H2,1-4H3,(H,23,24)(H,25,26)(H,27,28). The first-order chi connectivity index (χ1) is 13.3. The van der Waals surface area contributed by atoms with Gasteiger partial charge in [-0.2, -0.15) is 0 Å². The number of ether oxygens (including phenoxy) is 1. The summed E-state index contributed by atoms with van der Waals surface area (Å²) >= 11 is 0. The lowest BCUT2D eigenvalue weighted by molar-refractivity contribution is -0.171. The first-order valence-electron chi connectivity index (χ1n) is 9.96. The molecular formula is C21H32O8. The highest BCUT2D eigenvalue weighted by molar-refractivity contribution is 5.85. The summed E-state index contributed by atoms with van der Waals surface area (Å²) < 4.78 is 5.60. The normalized spacial score (nSPS) is 33.1. The Morgan fingerprint density at radius 1 is 1.17 bits per heavy atom. The largest absolute Gasteiger partial charge is 0.481 e. The molecule has 0 bridgehead atoms. The quantitative estimate of drug-likeness (QED) is 0.445. The summed E-state index contributed by atoms with van der Waals surface area (Å²) in [6.45, 7) is 8.15. The number of aliphatic hydroxyl groups is 1. The van der Waals surface area contributed by atoms with E-state index in [0.29, 0.717) is 6.42 Å². The van der Waals surface area contributed by atoms with Crippen molar-refractivity contribution in [2.24, 2.45) is 28.6 Å². The number of fused-ring (bicyclic) bond motifs is 1. The molecule has 0 heterocycles. The lowest BCUT2D eigenvalue weighted by atomic mass is 9.48. The minimum atomic E-state index is -1.75. The summed E-state index contributed by atoms with van der Waals surface area (Å²) in [5, 5.41) is 38.3. The van der Waals surface area contributed by atoms with Crippen LogP contribution in [0.3, 0.4) is 0 Å². The second kappa shape index (κ2) is 8.44. The maximum atomic E-state index is 11.7. The summed E-state index contributed by atoms with van der Waals surface area (Å²) in [6, 6.07) is 0. The van der Waals surface area contributed by atoms with Gasteiger partial charge in [0.25, 0.3) is 0 Å². The van der Waals surface area contributed by atoms with Gasteiger partial charge in [0.2, 0.25) is 0 Å². The van der Waals surface area contributed by atoms with Gasteiger partial charge in [-0.3, -0.25) is 9.59 Å². The molecule has 0 aromatic heterocycles. The van der Waals surface area contributed by atoms with Gasteiger partial charge in [0, 0.05) is 5.92 Å². The molecule has 8 heteroatoms. The fourth-order valence-electron chi connectivity index (χ4n) is 5.43. The third kappa shape index (κ3) is 4.48. The van der Waals surface area contributed by atoms with Crippen LogP contribution in [0.4, 0.5) is 0 Å². The molecule has 2 aliphatic rings. The molecule has 0 radical (unpaired) electrons. The van der Waals surface area contributed by atoms with E-state index in [-0.39, 0.29) is 29.3 Å².